The summed E-state index contributed by atoms with van der Waals surface area (Å²) in [5.41, 5.74) is 1.69. The highest BCUT2D eigenvalue weighted by Crippen LogP contribution is 2.22. The number of hydrogen-bond acceptors (Lipinski definition) is 6. The Labute approximate surface area is 173 Å². The fourth-order valence-corrected chi connectivity index (χ4v) is 4.26. The van der Waals surface area contributed by atoms with Crippen LogP contribution in [0.15, 0.2) is 70.1 Å². The first kappa shape index (κ1) is 19.3. The second-order valence-electron chi connectivity index (χ2n) is 6.09. The molecule has 0 aliphatic rings. The summed E-state index contributed by atoms with van der Waals surface area (Å²) in [6.45, 7) is 0.266. The van der Waals surface area contributed by atoms with E-state index in [1.54, 1.807) is 12.3 Å². The van der Waals surface area contributed by atoms with Gasteiger partial charge in [0.2, 0.25) is 5.91 Å². The Balaban J connectivity index is 1.57. The van der Waals surface area contributed by atoms with Crippen molar-refractivity contribution in [1.82, 2.24) is 14.5 Å². The van der Waals surface area contributed by atoms with Crippen molar-refractivity contribution in [2.24, 2.45) is 0 Å². The molecule has 9 heteroatoms. The van der Waals surface area contributed by atoms with Gasteiger partial charge in [-0.3, -0.25) is 19.1 Å². The van der Waals surface area contributed by atoms with Crippen LogP contribution in [0.5, 0.6) is 0 Å². The molecule has 0 atom stereocenters. The summed E-state index contributed by atoms with van der Waals surface area (Å²) in [7, 11) is 0. The van der Waals surface area contributed by atoms with Crippen LogP contribution in [0.25, 0.3) is 10.2 Å². The van der Waals surface area contributed by atoms with Crippen molar-refractivity contribution >= 4 is 44.9 Å². The molecule has 0 saturated heterocycles. The highest BCUT2D eigenvalue weighted by atomic mass is 32.2. The first-order valence-electron chi connectivity index (χ1n) is 8.66. The number of nitrogens with one attached hydrogen (secondary N) is 1. The molecule has 1 aromatic carbocycles. The van der Waals surface area contributed by atoms with Crippen LogP contribution in [0.3, 0.4) is 0 Å². The van der Waals surface area contributed by atoms with Gasteiger partial charge in [-0.15, -0.1) is 11.3 Å². The quantitative estimate of drug-likeness (QED) is 0.375. The van der Waals surface area contributed by atoms with E-state index in [1.165, 1.54) is 51.9 Å². The molecule has 4 aromatic rings. The minimum absolute atomic E-state index is 0.0572. The van der Waals surface area contributed by atoms with Crippen LogP contribution in [0.1, 0.15) is 5.69 Å². The third kappa shape index (κ3) is 4.52. The van der Waals surface area contributed by atoms with Crippen LogP contribution in [0.2, 0.25) is 0 Å². The molecule has 4 rings (SSSR count). The van der Waals surface area contributed by atoms with E-state index in [-0.39, 0.29) is 29.6 Å². The van der Waals surface area contributed by atoms with E-state index in [0.29, 0.717) is 21.1 Å². The van der Waals surface area contributed by atoms with Gasteiger partial charge in [-0.25, -0.2) is 9.37 Å². The molecule has 146 valence electrons. The number of hydrogen-bond donors (Lipinski definition) is 1. The number of thiophene rings is 1. The summed E-state index contributed by atoms with van der Waals surface area (Å²) < 4.78 is 15.1. The van der Waals surface area contributed by atoms with Gasteiger partial charge in [-0.1, -0.05) is 17.8 Å². The summed E-state index contributed by atoms with van der Waals surface area (Å²) in [4.78, 5) is 34.1. The maximum atomic E-state index is 13.0. The monoisotopic (exact) mass is 426 g/mol. The lowest BCUT2D eigenvalue weighted by atomic mass is 10.3. The molecule has 0 unspecified atom stereocenters. The van der Waals surface area contributed by atoms with Gasteiger partial charge >= 0.3 is 0 Å². The van der Waals surface area contributed by atoms with Gasteiger partial charge in [0.1, 0.15) is 10.5 Å². The third-order valence-corrected chi connectivity index (χ3v) is 5.91. The number of pyridine rings is 1. The smallest absolute Gasteiger partial charge is 0.272 e. The molecule has 0 fully saturated rings. The molecular weight excluding hydrogens is 411 g/mol. The molecule has 1 amide bonds. The Hall–Kier alpha value is -3.04. The van der Waals surface area contributed by atoms with E-state index in [1.807, 2.05) is 23.6 Å². The molecule has 0 aliphatic carbocycles. The minimum atomic E-state index is -0.371. The molecule has 0 saturated carbocycles. The van der Waals surface area contributed by atoms with Gasteiger partial charge in [-0.2, -0.15) is 0 Å². The number of rotatable bonds is 6. The molecule has 3 heterocycles. The lowest BCUT2D eigenvalue weighted by Gasteiger charge is -2.12. The fraction of sp³-hybridized carbons (Fsp3) is 0.100. The summed E-state index contributed by atoms with van der Waals surface area (Å²) >= 11 is 2.51. The highest BCUT2D eigenvalue weighted by molar-refractivity contribution is 7.99. The number of anilines is 1. The number of benzene rings is 1. The van der Waals surface area contributed by atoms with E-state index in [9.17, 15) is 14.0 Å². The number of amides is 1. The van der Waals surface area contributed by atoms with Crippen LogP contribution in [-0.2, 0) is 11.3 Å². The number of aromatic nitrogens is 3. The Morgan fingerprint density at radius 3 is 2.76 bits per heavy atom. The number of thioether (sulfide) groups is 1. The van der Waals surface area contributed by atoms with E-state index in [2.05, 4.69) is 15.3 Å². The Morgan fingerprint density at radius 1 is 1.17 bits per heavy atom. The van der Waals surface area contributed by atoms with Gasteiger partial charge in [0, 0.05) is 11.9 Å². The molecule has 0 aliphatic heterocycles. The van der Waals surface area contributed by atoms with E-state index < -0.39 is 0 Å². The van der Waals surface area contributed by atoms with Crippen molar-refractivity contribution in [3.05, 3.63) is 82.0 Å². The number of nitrogens with zero attached hydrogens (tertiary/aromatic N) is 3. The summed E-state index contributed by atoms with van der Waals surface area (Å²) in [6, 6.07) is 12.8. The number of fused-ring (bicyclic) bond motifs is 1. The number of halogens is 1. The van der Waals surface area contributed by atoms with Crippen LogP contribution in [0.4, 0.5) is 10.1 Å². The molecule has 6 nitrogen and oxygen atoms in total. The Kier molecular flexibility index (Phi) is 5.68. The molecular formula is C20H15FN4O2S2. The highest BCUT2D eigenvalue weighted by Gasteiger charge is 2.15. The van der Waals surface area contributed by atoms with Gasteiger partial charge < -0.3 is 5.32 Å². The molecule has 0 bridgehead atoms. The third-order valence-electron chi connectivity index (χ3n) is 4.04. The largest absolute Gasteiger partial charge is 0.325 e. The number of carbonyl (C=O) groups is 1. The normalized spacial score (nSPS) is 10.9. The summed E-state index contributed by atoms with van der Waals surface area (Å²) in [5.74, 6) is -0.586. The standard InChI is InChI=1S/C20H15FN4O2S2/c21-13-4-6-14(7-5-13)23-17(26)12-29-20-24-16-8-10-28-18(16)19(27)25(20)11-15-3-1-2-9-22-15/h1-10H,11-12H2,(H,23,26). The van der Waals surface area contributed by atoms with Crippen molar-refractivity contribution in [2.75, 3.05) is 11.1 Å². The lowest BCUT2D eigenvalue weighted by molar-refractivity contribution is -0.113. The van der Waals surface area contributed by atoms with Gasteiger partial charge in [0.15, 0.2) is 5.16 Å². The Bertz CT molecular complexity index is 1210. The minimum Gasteiger partial charge on any atom is -0.325 e. The van der Waals surface area contributed by atoms with Crippen molar-refractivity contribution < 1.29 is 9.18 Å². The first-order chi connectivity index (χ1) is 14.1. The second-order valence-corrected chi connectivity index (χ2v) is 7.94. The summed E-state index contributed by atoms with van der Waals surface area (Å²) in [5, 5.41) is 4.97. The fourth-order valence-electron chi connectivity index (χ4n) is 2.69. The van der Waals surface area contributed by atoms with Crippen molar-refractivity contribution in [3.63, 3.8) is 0 Å². The van der Waals surface area contributed by atoms with Gasteiger partial charge in [-0.05, 0) is 47.8 Å². The first-order valence-corrected chi connectivity index (χ1v) is 10.5. The maximum absolute atomic E-state index is 13.0. The Morgan fingerprint density at radius 2 is 2.00 bits per heavy atom. The zero-order valence-corrected chi connectivity index (χ0v) is 16.7. The molecule has 1 N–H and O–H groups in total. The van der Waals surface area contributed by atoms with Crippen LogP contribution in [0, 0.1) is 5.82 Å². The van der Waals surface area contributed by atoms with Crippen molar-refractivity contribution in [1.29, 1.82) is 0 Å². The van der Waals surface area contributed by atoms with Crippen LogP contribution >= 0.6 is 23.1 Å². The predicted octanol–water partition coefficient (Wildman–Crippen LogP) is 3.77. The van der Waals surface area contributed by atoms with Gasteiger partial charge in [0.05, 0.1) is 23.5 Å². The average Bonchev–Trinajstić information content (AvgIpc) is 3.20. The molecule has 0 spiro atoms. The summed E-state index contributed by atoms with van der Waals surface area (Å²) in [6.07, 6.45) is 1.67. The van der Waals surface area contributed by atoms with Crippen LogP contribution < -0.4 is 10.9 Å². The van der Waals surface area contributed by atoms with Gasteiger partial charge in [0.25, 0.3) is 5.56 Å². The second kappa shape index (κ2) is 8.54. The SMILES string of the molecule is O=C(CSc1nc2ccsc2c(=O)n1Cc1ccccn1)Nc1ccc(F)cc1. The average molecular weight is 426 g/mol. The lowest BCUT2D eigenvalue weighted by Crippen LogP contribution is -2.24. The molecule has 0 radical (unpaired) electrons. The topological polar surface area (TPSA) is 76.9 Å². The zero-order valence-electron chi connectivity index (χ0n) is 15.0. The van der Waals surface area contributed by atoms with E-state index in [4.69, 9.17) is 0 Å². The van der Waals surface area contributed by atoms with Crippen LogP contribution in [-0.4, -0.2) is 26.2 Å². The maximum Gasteiger partial charge on any atom is 0.272 e. The van der Waals surface area contributed by atoms with E-state index in [0.717, 1.165) is 5.69 Å². The molecule has 3 aromatic heterocycles. The van der Waals surface area contributed by atoms with Crippen molar-refractivity contribution in [3.8, 4) is 0 Å². The zero-order chi connectivity index (χ0) is 20.2. The van der Waals surface area contributed by atoms with E-state index >= 15 is 0 Å². The number of carbonyl (C=O) groups excluding carboxylic acids is 1. The molecule has 29 heavy (non-hydrogen) atoms. The van der Waals surface area contributed by atoms with Crippen molar-refractivity contribution in [2.45, 2.75) is 11.7 Å². The predicted molar refractivity (Wildman–Crippen MR) is 113 cm³/mol.